The molecule has 3 nitrogen and oxygen atoms in total. The second kappa shape index (κ2) is 5.71. The van der Waals surface area contributed by atoms with E-state index in [0.717, 1.165) is 30.2 Å². The fourth-order valence-corrected chi connectivity index (χ4v) is 4.46. The highest BCUT2D eigenvalue weighted by Crippen LogP contribution is 2.34. The third-order valence-electron chi connectivity index (χ3n) is 5.83. The summed E-state index contributed by atoms with van der Waals surface area (Å²) in [6.07, 6.45) is 8.34. The minimum Gasteiger partial charge on any atom is -0.311 e. The summed E-state index contributed by atoms with van der Waals surface area (Å²) in [4.78, 5) is 5.26. The first-order valence-corrected chi connectivity index (χ1v) is 8.35. The molecule has 3 aliphatic rings. The van der Waals surface area contributed by atoms with Gasteiger partial charge in [0.25, 0.3) is 0 Å². The molecule has 3 rings (SSSR count). The van der Waals surface area contributed by atoms with Crippen LogP contribution in [0.4, 0.5) is 0 Å². The van der Waals surface area contributed by atoms with Crippen LogP contribution < -0.4 is 5.32 Å². The molecule has 3 heterocycles. The van der Waals surface area contributed by atoms with Crippen LogP contribution in [0.3, 0.4) is 0 Å². The van der Waals surface area contributed by atoms with E-state index in [4.69, 9.17) is 0 Å². The zero-order chi connectivity index (χ0) is 13.4. The van der Waals surface area contributed by atoms with Crippen molar-refractivity contribution in [3.63, 3.8) is 0 Å². The van der Waals surface area contributed by atoms with E-state index in [9.17, 15) is 0 Å². The van der Waals surface area contributed by atoms with Gasteiger partial charge in [0.1, 0.15) is 0 Å². The zero-order valence-corrected chi connectivity index (χ0v) is 12.9. The van der Waals surface area contributed by atoms with Crippen LogP contribution in [0.15, 0.2) is 0 Å². The summed E-state index contributed by atoms with van der Waals surface area (Å²) in [6.45, 7) is 7.22. The predicted molar refractivity (Wildman–Crippen MR) is 80.5 cm³/mol. The molecule has 0 saturated carbocycles. The third-order valence-corrected chi connectivity index (χ3v) is 5.83. The normalized spacial score (nSPS) is 38.2. The Morgan fingerprint density at radius 1 is 0.895 bits per heavy atom. The van der Waals surface area contributed by atoms with Crippen molar-refractivity contribution in [2.75, 3.05) is 20.1 Å². The van der Waals surface area contributed by atoms with Gasteiger partial charge >= 0.3 is 0 Å². The van der Waals surface area contributed by atoms with Crippen LogP contribution in [-0.4, -0.2) is 60.1 Å². The SMILES string of the molecule is CC(C)N1CCC(NC2CC3CCC(C2)N3C)CC1. The monoisotopic (exact) mass is 265 g/mol. The van der Waals surface area contributed by atoms with Gasteiger partial charge < -0.3 is 15.1 Å². The van der Waals surface area contributed by atoms with Crippen molar-refractivity contribution in [2.24, 2.45) is 0 Å². The Kier molecular flexibility index (Phi) is 4.16. The summed E-state index contributed by atoms with van der Waals surface area (Å²) >= 11 is 0. The molecule has 0 aromatic rings. The molecule has 2 atom stereocenters. The van der Waals surface area contributed by atoms with Gasteiger partial charge in [-0.1, -0.05) is 0 Å². The molecular weight excluding hydrogens is 234 g/mol. The number of piperidine rings is 2. The summed E-state index contributed by atoms with van der Waals surface area (Å²) in [5.74, 6) is 0. The molecule has 0 amide bonds. The topological polar surface area (TPSA) is 18.5 Å². The summed E-state index contributed by atoms with van der Waals surface area (Å²) in [5.41, 5.74) is 0. The van der Waals surface area contributed by atoms with Gasteiger partial charge in [0.05, 0.1) is 0 Å². The molecular formula is C16H31N3. The van der Waals surface area contributed by atoms with Crippen molar-refractivity contribution < 1.29 is 0 Å². The average molecular weight is 265 g/mol. The molecule has 0 aliphatic carbocycles. The van der Waals surface area contributed by atoms with Crippen LogP contribution in [0, 0.1) is 0 Å². The maximum atomic E-state index is 3.99. The van der Waals surface area contributed by atoms with E-state index in [1.807, 2.05) is 0 Å². The number of nitrogens with one attached hydrogen (secondary N) is 1. The van der Waals surface area contributed by atoms with Gasteiger partial charge in [0.2, 0.25) is 0 Å². The molecule has 3 saturated heterocycles. The highest BCUT2D eigenvalue weighted by Gasteiger charge is 2.39. The molecule has 0 radical (unpaired) electrons. The van der Waals surface area contributed by atoms with E-state index in [1.54, 1.807) is 0 Å². The smallest absolute Gasteiger partial charge is 0.0111 e. The molecule has 3 heteroatoms. The van der Waals surface area contributed by atoms with Gasteiger partial charge in [0, 0.05) is 30.2 Å². The Balaban J connectivity index is 1.46. The lowest BCUT2D eigenvalue weighted by atomic mass is 9.95. The van der Waals surface area contributed by atoms with Crippen molar-refractivity contribution in [3.8, 4) is 0 Å². The Labute approximate surface area is 118 Å². The number of nitrogens with zero attached hydrogens (tertiary/aromatic N) is 2. The molecule has 2 unspecified atom stereocenters. The van der Waals surface area contributed by atoms with E-state index in [2.05, 4.69) is 36.0 Å². The van der Waals surface area contributed by atoms with Gasteiger partial charge in [-0.2, -0.15) is 0 Å². The molecule has 0 aromatic carbocycles. The first kappa shape index (κ1) is 13.8. The maximum absolute atomic E-state index is 3.99. The minimum absolute atomic E-state index is 0.722. The van der Waals surface area contributed by atoms with E-state index >= 15 is 0 Å². The highest BCUT2D eigenvalue weighted by molar-refractivity contribution is 4.97. The second-order valence-electron chi connectivity index (χ2n) is 7.29. The molecule has 1 N–H and O–H groups in total. The van der Waals surface area contributed by atoms with Crippen molar-refractivity contribution in [3.05, 3.63) is 0 Å². The average Bonchev–Trinajstić information content (AvgIpc) is 2.63. The van der Waals surface area contributed by atoms with E-state index in [0.29, 0.717) is 0 Å². The molecule has 3 fully saturated rings. The molecule has 0 spiro atoms. The lowest BCUT2D eigenvalue weighted by molar-refractivity contribution is 0.120. The molecule has 110 valence electrons. The fraction of sp³-hybridized carbons (Fsp3) is 1.00. The Morgan fingerprint density at radius 3 is 2.00 bits per heavy atom. The van der Waals surface area contributed by atoms with Crippen LogP contribution >= 0.6 is 0 Å². The van der Waals surface area contributed by atoms with Crippen molar-refractivity contribution in [1.29, 1.82) is 0 Å². The number of hydrogen-bond donors (Lipinski definition) is 1. The first-order valence-electron chi connectivity index (χ1n) is 8.35. The molecule has 3 aliphatic heterocycles. The lowest BCUT2D eigenvalue weighted by Gasteiger charge is -2.41. The number of fused-ring (bicyclic) bond motifs is 2. The van der Waals surface area contributed by atoms with Gasteiger partial charge in [-0.15, -0.1) is 0 Å². The first-order chi connectivity index (χ1) is 9.13. The standard InChI is InChI=1S/C16H31N3/c1-12(2)19-8-6-13(7-9-19)17-14-10-15-4-5-16(11-14)18(15)3/h12-17H,4-11H2,1-3H3. The molecule has 19 heavy (non-hydrogen) atoms. The van der Waals surface area contributed by atoms with Crippen molar-refractivity contribution in [1.82, 2.24) is 15.1 Å². The lowest BCUT2D eigenvalue weighted by Crippen LogP contribution is -2.52. The second-order valence-corrected chi connectivity index (χ2v) is 7.29. The van der Waals surface area contributed by atoms with Gasteiger partial charge in [-0.05, 0) is 72.5 Å². The Bertz CT molecular complexity index is 282. The van der Waals surface area contributed by atoms with E-state index in [-0.39, 0.29) is 0 Å². The number of likely N-dealkylation sites (tertiary alicyclic amines) is 1. The van der Waals surface area contributed by atoms with Crippen LogP contribution in [-0.2, 0) is 0 Å². The van der Waals surface area contributed by atoms with E-state index < -0.39 is 0 Å². The van der Waals surface area contributed by atoms with Crippen LogP contribution in [0.25, 0.3) is 0 Å². The molecule has 0 aromatic heterocycles. The minimum atomic E-state index is 0.722. The van der Waals surface area contributed by atoms with Crippen LogP contribution in [0.5, 0.6) is 0 Å². The van der Waals surface area contributed by atoms with Crippen molar-refractivity contribution >= 4 is 0 Å². The quantitative estimate of drug-likeness (QED) is 0.843. The van der Waals surface area contributed by atoms with E-state index in [1.165, 1.54) is 51.6 Å². The van der Waals surface area contributed by atoms with Crippen LogP contribution in [0.1, 0.15) is 52.4 Å². The number of hydrogen-bond acceptors (Lipinski definition) is 3. The number of rotatable bonds is 3. The third kappa shape index (κ3) is 2.98. The maximum Gasteiger partial charge on any atom is 0.0111 e. The van der Waals surface area contributed by atoms with Gasteiger partial charge in [-0.25, -0.2) is 0 Å². The zero-order valence-electron chi connectivity index (χ0n) is 12.9. The van der Waals surface area contributed by atoms with Crippen molar-refractivity contribution in [2.45, 2.75) is 82.6 Å². The van der Waals surface area contributed by atoms with Crippen LogP contribution in [0.2, 0.25) is 0 Å². The molecule has 2 bridgehead atoms. The Hall–Kier alpha value is -0.120. The summed E-state index contributed by atoms with van der Waals surface area (Å²) in [7, 11) is 2.33. The largest absolute Gasteiger partial charge is 0.311 e. The predicted octanol–water partition coefficient (Wildman–Crippen LogP) is 2.07. The summed E-state index contributed by atoms with van der Waals surface area (Å²) in [5, 5.41) is 3.99. The summed E-state index contributed by atoms with van der Waals surface area (Å²) < 4.78 is 0. The Morgan fingerprint density at radius 2 is 1.47 bits per heavy atom. The van der Waals surface area contributed by atoms with Gasteiger partial charge in [0.15, 0.2) is 0 Å². The highest BCUT2D eigenvalue weighted by atomic mass is 15.2. The van der Waals surface area contributed by atoms with Gasteiger partial charge in [-0.3, -0.25) is 0 Å². The summed E-state index contributed by atoms with van der Waals surface area (Å²) in [6, 6.07) is 4.03. The fourth-order valence-electron chi connectivity index (χ4n) is 4.46.